The number of ether oxygens (including phenoxy) is 1. The van der Waals surface area contributed by atoms with Crippen molar-refractivity contribution >= 4 is 5.97 Å². The lowest BCUT2D eigenvalue weighted by atomic mass is 9.99. The number of nitrogens with zero attached hydrogens (tertiary/aromatic N) is 2. The van der Waals surface area contributed by atoms with Gasteiger partial charge in [0.1, 0.15) is 0 Å². The third-order valence-electron chi connectivity index (χ3n) is 3.20. The van der Waals surface area contributed by atoms with Gasteiger partial charge in [-0.05, 0) is 33.6 Å². The molecular weight excluding hydrogens is 228 g/mol. The Bertz CT molecular complexity index is 435. The molecule has 0 N–H and O–H groups in total. The lowest BCUT2D eigenvalue weighted by Crippen LogP contribution is -2.12. The van der Waals surface area contributed by atoms with E-state index >= 15 is 0 Å². The molecule has 100 valence electrons. The van der Waals surface area contributed by atoms with Crippen LogP contribution in [-0.2, 0) is 16.1 Å². The number of allylic oxidation sites excluding steroid dienone is 1. The zero-order valence-corrected chi connectivity index (χ0v) is 11.7. The van der Waals surface area contributed by atoms with E-state index in [4.69, 9.17) is 4.74 Å². The molecule has 4 heteroatoms. The average Bonchev–Trinajstić information content (AvgIpc) is 2.63. The second-order valence-corrected chi connectivity index (χ2v) is 4.48. The number of hydrogen-bond donors (Lipinski definition) is 0. The predicted molar refractivity (Wildman–Crippen MR) is 71.6 cm³/mol. The van der Waals surface area contributed by atoms with Crippen LogP contribution < -0.4 is 0 Å². The SMILES string of the molecule is C=CCCCn1nc(C)c(C(C)C(=O)OC)c1C. The number of aryl methyl sites for hydroxylation is 2. The Labute approximate surface area is 109 Å². The van der Waals surface area contributed by atoms with Crippen LogP contribution in [0.1, 0.15) is 42.6 Å². The molecule has 0 aliphatic carbocycles. The van der Waals surface area contributed by atoms with E-state index < -0.39 is 0 Å². The van der Waals surface area contributed by atoms with Crippen molar-refractivity contribution in [3.63, 3.8) is 0 Å². The smallest absolute Gasteiger partial charge is 0.312 e. The number of unbranched alkanes of at least 4 members (excludes halogenated alkanes) is 1. The van der Waals surface area contributed by atoms with Gasteiger partial charge < -0.3 is 4.74 Å². The van der Waals surface area contributed by atoms with Gasteiger partial charge in [-0.25, -0.2) is 0 Å². The van der Waals surface area contributed by atoms with Gasteiger partial charge in [-0.15, -0.1) is 6.58 Å². The summed E-state index contributed by atoms with van der Waals surface area (Å²) in [5, 5.41) is 4.49. The van der Waals surface area contributed by atoms with E-state index in [9.17, 15) is 4.79 Å². The Balaban J connectivity index is 2.93. The minimum atomic E-state index is -0.261. The van der Waals surface area contributed by atoms with E-state index in [0.29, 0.717) is 0 Å². The molecule has 18 heavy (non-hydrogen) atoms. The van der Waals surface area contributed by atoms with Crippen molar-refractivity contribution in [2.75, 3.05) is 7.11 Å². The Kier molecular flexibility index (Phi) is 5.13. The van der Waals surface area contributed by atoms with Gasteiger partial charge in [0.25, 0.3) is 0 Å². The first-order valence-corrected chi connectivity index (χ1v) is 6.25. The van der Waals surface area contributed by atoms with E-state index in [1.165, 1.54) is 7.11 Å². The predicted octanol–water partition coefficient (Wildman–Crippen LogP) is 2.74. The lowest BCUT2D eigenvalue weighted by Gasteiger charge is -2.10. The summed E-state index contributed by atoms with van der Waals surface area (Å²) in [4.78, 5) is 11.6. The zero-order valence-electron chi connectivity index (χ0n) is 11.7. The molecule has 1 atom stereocenters. The number of rotatable bonds is 6. The van der Waals surface area contributed by atoms with Crippen LogP contribution in [0.5, 0.6) is 0 Å². The van der Waals surface area contributed by atoms with Crippen molar-refractivity contribution in [1.29, 1.82) is 0 Å². The highest BCUT2D eigenvalue weighted by molar-refractivity contribution is 5.78. The van der Waals surface area contributed by atoms with E-state index in [0.717, 1.165) is 36.3 Å². The molecule has 1 aromatic rings. The average molecular weight is 250 g/mol. The molecule has 1 unspecified atom stereocenters. The minimum Gasteiger partial charge on any atom is -0.469 e. The van der Waals surface area contributed by atoms with Crippen LogP contribution in [0.2, 0.25) is 0 Å². The Morgan fingerprint density at radius 3 is 2.78 bits per heavy atom. The van der Waals surface area contributed by atoms with Crippen LogP contribution in [0.3, 0.4) is 0 Å². The van der Waals surface area contributed by atoms with Gasteiger partial charge in [-0.3, -0.25) is 9.48 Å². The van der Waals surface area contributed by atoms with Crippen LogP contribution in [0.15, 0.2) is 12.7 Å². The summed E-state index contributed by atoms with van der Waals surface area (Å²) < 4.78 is 6.76. The van der Waals surface area contributed by atoms with Crippen LogP contribution in [0, 0.1) is 13.8 Å². The van der Waals surface area contributed by atoms with Crippen molar-refractivity contribution < 1.29 is 9.53 Å². The summed E-state index contributed by atoms with van der Waals surface area (Å²) in [5.74, 6) is -0.477. The van der Waals surface area contributed by atoms with Crippen LogP contribution >= 0.6 is 0 Å². The maximum absolute atomic E-state index is 11.6. The molecule has 4 nitrogen and oxygen atoms in total. The van der Waals surface area contributed by atoms with E-state index in [1.807, 2.05) is 31.5 Å². The molecule has 0 radical (unpaired) electrons. The number of esters is 1. The number of methoxy groups -OCH3 is 1. The van der Waals surface area contributed by atoms with Crippen molar-refractivity contribution in [3.8, 4) is 0 Å². The van der Waals surface area contributed by atoms with Crippen molar-refractivity contribution in [3.05, 3.63) is 29.6 Å². The summed E-state index contributed by atoms with van der Waals surface area (Å²) in [6.45, 7) is 10.4. The van der Waals surface area contributed by atoms with Gasteiger partial charge >= 0.3 is 5.97 Å². The second-order valence-electron chi connectivity index (χ2n) is 4.48. The molecule has 0 aliphatic heterocycles. The van der Waals surface area contributed by atoms with Crippen LogP contribution in [-0.4, -0.2) is 22.9 Å². The largest absolute Gasteiger partial charge is 0.469 e. The maximum atomic E-state index is 11.6. The number of hydrogen-bond acceptors (Lipinski definition) is 3. The topological polar surface area (TPSA) is 44.1 Å². The second kappa shape index (κ2) is 6.38. The third kappa shape index (κ3) is 3.00. The van der Waals surface area contributed by atoms with Crippen molar-refractivity contribution in [2.45, 2.75) is 46.1 Å². The summed E-state index contributed by atoms with van der Waals surface area (Å²) in [6, 6.07) is 0. The molecule has 0 saturated heterocycles. The lowest BCUT2D eigenvalue weighted by molar-refractivity contribution is -0.142. The maximum Gasteiger partial charge on any atom is 0.312 e. The first kappa shape index (κ1) is 14.5. The molecule has 1 aromatic heterocycles. The van der Waals surface area contributed by atoms with Crippen molar-refractivity contribution in [2.24, 2.45) is 0 Å². The van der Waals surface area contributed by atoms with E-state index in [-0.39, 0.29) is 11.9 Å². The molecule has 0 aliphatic rings. The fraction of sp³-hybridized carbons (Fsp3) is 0.571. The van der Waals surface area contributed by atoms with Gasteiger partial charge in [0.2, 0.25) is 0 Å². The third-order valence-corrected chi connectivity index (χ3v) is 3.20. The summed E-state index contributed by atoms with van der Waals surface area (Å²) in [7, 11) is 1.41. The Morgan fingerprint density at radius 2 is 2.22 bits per heavy atom. The summed E-state index contributed by atoms with van der Waals surface area (Å²) in [6.07, 6.45) is 3.89. The summed E-state index contributed by atoms with van der Waals surface area (Å²) in [5.41, 5.74) is 2.94. The highest BCUT2D eigenvalue weighted by atomic mass is 16.5. The molecule has 0 saturated carbocycles. The highest BCUT2D eigenvalue weighted by Crippen LogP contribution is 2.24. The Hall–Kier alpha value is -1.58. The van der Waals surface area contributed by atoms with Gasteiger partial charge in [-0.1, -0.05) is 6.08 Å². The number of carbonyl (C=O) groups is 1. The molecule has 0 spiro atoms. The molecule has 1 heterocycles. The van der Waals surface area contributed by atoms with Gasteiger partial charge in [0.15, 0.2) is 0 Å². The molecule has 0 fully saturated rings. The fourth-order valence-corrected chi connectivity index (χ4v) is 2.24. The van der Waals surface area contributed by atoms with Gasteiger partial charge in [-0.2, -0.15) is 5.10 Å². The van der Waals surface area contributed by atoms with E-state index in [1.54, 1.807) is 0 Å². The fourth-order valence-electron chi connectivity index (χ4n) is 2.24. The standard InChI is InChI=1S/C14H22N2O2/c1-6-7-8-9-16-12(4)13(11(3)15-16)10(2)14(17)18-5/h6,10H,1,7-9H2,2-5H3. The van der Waals surface area contributed by atoms with Crippen LogP contribution in [0.25, 0.3) is 0 Å². The molecular formula is C14H22N2O2. The first-order chi connectivity index (χ1) is 8.52. The molecule has 0 bridgehead atoms. The minimum absolute atomic E-state index is 0.216. The molecule has 0 aromatic carbocycles. The zero-order chi connectivity index (χ0) is 13.7. The summed E-state index contributed by atoms with van der Waals surface area (Å²) >= 11 is 0. The van der Waals surface area contributed by atoms with E-state index in [2.05, 4.69) is 11.7 Å². The Morgan fingerprint density at radius 1 is 1.56 bits per heavy atom. The molecule has 0 amide bonds. The van der Waals surface area contributed by atoms with Crippen LogP contribution in [0.4, 0.5) is 0 Å². The van der Waals surface area contributed by atoms with Gasteiger partial charge in [0.05, 0.1) is 18.7 Å². The quantitative estimate of drug-likeness (QED) is 0.443. The monoisotopic (exact) mass is 250 g/mol. The first-order valence-electron chi connectivity index (χ1n) is 6.25. The normalized spacial score (nSPS) is 12.2. The van der Waals surface area contributed by atoms with Gasteiger partial charge in [0, 0.05) is 17.8 Å². The van der Waals surface area contributed by atoms with Crippen molar-refractivity contribution in [1.82, 2.24) is 9.78 Å². The number of carbonyl (C=O) groups excluding carboxylic acids is 1. The molecule has 1 rings (SSSR count). The highest BCUT2D eigenvalue weighted by Gasteiger charge is 2.23. The number of aromatic nitrogens is 2.